The summed E-state index contributed by atoms with van der Waals surface area (Å²) in [5.74, 6) is -0.294. The van der Waals surface area contributed by atoms with Crippen LogP contribution in [0.5, 0.6) is 0 Å². The Labute approximate surface area is 106 Å². The van der Waals surface area contributed by atoms with Crippen LogP contribution in [-0.2, 0) is 4.74 Å². The largest absolute Gasteiger partial charge is 0.462 e. The third kappa shape index (κ3) is 2.68. The van der Waals surface area contributed by atoms with Gasteiger partial charge in [-0.3, -0.25) is 0 Å². The summed E-state index contributed by atoms with van der Waals surface area (Å²) in [4.78, 5) is 11.7. The Morgan fingerprint density at radius 2 is 2.06 bits per heavy atom. The smallest absolute Gasteiger partial charge is 0.338 e. The van der Waals surface area contributed by atoms with Crippen molar-refractivity contribution >= 4 is 34.8 Å². The lowest BCUT2D eigenvalue weighted by molar-refractivity contribution is 0.0528. The number of carbonyl (C=O) groups excluding carboxylic acids is 1. The van der Waals surface area contributed by atoms with E-state index < -0.39 is 0 Å². The van der Waals surface area contributed by atoms with Crippen molar-refractivity contribution in [2.24, 2.45) is 0 Å². The van der Waals surface area contributed by atoms with E-state index in [0.717, 1.165) is 10.8 Å². The molecule has 0 saturated heterocycles. The van der Waals surface area contributed by atoms with Crippen LogP contribution >= 0.6 is 12.4 Å². The lowest BCUT2D eigenvalue weighted by Gasteiger charge is -2.06. The van der Waals surface area contributed by atoms with Gasteiger partial charge >= 0.3 is 5.97 Å². The second kappa shape index (κ2) is 5.55. The van der Waals surface area contributed by atoms with E-state index in [4.69, 9.17) is 10.5 Å². The van der Waals surface area contributed by atoms with E-state index in [9.17, 15) is 4.79 Å². The Bertz CT molecular complexity index is 540. The summed E-state index contributed by atoms with van der Waals surface area (Å²) in [6.07, 6.45) is 0. The molecule has 0 aromatic heterocycles. The maximum absolute atomic E-state index is 11.7. The van der Waals surface area contributed by atoms with Gasteiger partial charge in [0.2, 0.25) is 0 Å². The molecule has 0 fully saturated rings. The molecule has 0 atom stereocenters. The number of nitrogen functional groups attached to an aromatic ring is 1. The van der Waals surface area contributed by atoms with E-state index >= 15 is 0 Å². The molecule has 0 unspecified atom stereocenters. The van der Waals surface area contributed by atoms with Crippen LogP contribution in [0.15, 0.2) is 36.4 Å². The van der Waals surface area contributed by atoms with Crippen LogP contribution < -0.4 is 5.73 Å². The predicted octanol–water partition coefficient (Wildman–Crippen LogP) is 3.02. The number of halogens is 1. The van der Waals surface area contributed by atoms with E-state index in [1.54, 1.807) is 19.1 Å². The van der Waals surface area contributed by atoms with Crippen molar-refractivity contribution in [3.63, 3.8) is 0 Å². The summed E-state index contributed by atoms with van der Waals surface area (Å²) in [7, 11) is 0. The zero-order chi connectivity index (χ0) is 11.5. The molecule has 90 valence electrons. The van der Waals surface area contributed by atoms with Gasteiger partial charge in [0.25, 0.3) is 0 Å². The van der Waals surface area contributed by atoms with Crippen molar-refractivity contribution in [2.75, 3.05) is 12.3 Å². The van der Waals surface area contributed by atoms with Crippen molar-refractivity contribution < 1.29 is 9.53 Å². The molecular formula is C13H14ClNO2. The number of hydrogen-bond donors (Lipinski definition) is 1. The Morgan fingerprint density at radius 3 is 2.76 bits per heavy atom. The van der Waals surface area contributed by atoms with Gasteiger partial charge in [-0.05, 0) is 35.9 Å². The van der Waals surface area contributed by atoms with Crippen LogP contribution in [0.3, 0.4) is 0 Å². The molecule has 3 nitrogen and oxygen atoms in total. The molecule has 2 aromatic rings. The number of carbonyl (C=O) groups is 1. The average molecular weight is 252 g/mol. The van der Waals surface area contributed by atoms with E-state index in [-0.39, 0.29) is 18.4 Å². The second-order valence-electron chi connectivity index (χ2n) is 3.51. The van der Waals surface area contributed by atoms with E-state index in [2.05, 4.69) is 0 Å². The first-order valence-electron chi connectivity index (χ1n) is 5.17. The van der Waals surface area contributed by atoms with Crippen molar-refractivity contribution in [1.29, 1.82) is 0 Å². The van der Waals surface area contributed by atoms with Gasteiger partial charge in [0.05, 0.1) is 12.2 Å². The molecule has 0 aliphatic heterocycles. The molecule has 2 N–H and O–H groups in total. The first kappa shape index (κ1) is 13.3. The first-order valence-corrected chi connectivity index (χ1v) is 5.17. The fraction of sp³-hybridized carbons (Fsp3) is 0.154. The molecule has 2 rings (SSSR count). The number of nitrogens with two attached hydrogens (primary N) is 1. The number of rotatable bonds is 2. The maximum Gasteiger partial charge on any atom is 0.338 e. The molecule has 0 radical (unpaired) electrons. The summed E-state index contributed by atoms with van der Waals surface area (Å²) in [6, 6.07) is 11.0. The molecule has 0 amide bonds. The fourth-order valence-corrected chi connectivity index (χ4v) is 1.69. The van der Waals surface area contributed by atoms with Crippen LogP contribution in [0.1, 0.15) is 17.3 Å². The van der Waals surface area contributed by atoms with Crippen LogP contribution in [0, 0.1) is 0 Å². The van der Waals surface area contributed by atoms with Gasteiger partial charge in [0.1, 0.15) is 0 Å². The van der Waals surface area contributed by atoms with Gasteiger partial charge in [0.15, 0.2) is 0 Å². The van der Waals surface area contributed by atoms with Gasteiger partial charge in [-0.2, -0.15) is 0 Å². The zero-order valence-corrected chi connectivity index (χ0v) is 10.3. The minimum Gasteiger partial charge on any atom is -0.462 e. The van der Waals surface area contributed by atoms with E-state index in [1.807, 2.05) is 24.3 Å². The standard InChI is InChI=1S/C13H13NO2.ClH/c1-2-16-13(15)12-5-3-4-9-8-10(14)6-7-11(9)12;/h3-8H,2,14H2,1H3;1H. The predicted molar refractivity (Wildman–Crippen MR) is 71.6 cm³/mol. The summed E-state index contributed by atoms with van der Waals surface area (Å²) in [5.41, 5.74) is 6.96. The number of esters is 1. The minimum atomic E-state index is -0.294. The summed E-state index contributed by atoms with van der Waals surface area (Å²) < 4.78 is 5.00. The molecule has 0 aliphatic carbocycles. The van der Waals surface area contributed by atoms with Crippen molar-refractivity contribution in [3.8, 4) is 0 Å². The average Bonchev–Trinajstić information content (AvgIpc) is 2.28. The van der Waals surface area contributed by atoms with Crippen molar-refractivity contribution in [2.45, 2.75) is 6.92 Å². The summed E-state index contributed by atoms with van der Waals surface area (Å²) >= 11 is 0. The third-order valence-corrected chi connectivity index (χ3v) is 2.40. The number of benzene rings is 2. The van der Waals surface area contributed by atoms with Gasteiger partial charge in [-0.1, -0.05) is 18.2 Å². The Morgan fingerprint density at radius 1 is 1.29 bits per heavy atom. The molecule has 0 saturated carbocycles. The molecule has 4 heteroatoms. The minimum absolute atomic E-state index is 0. The van der Waals surface area contributed by atoms with Crippen molar-refractivity contribution in [1.82, 2.24) is 0 Å². The van der Waals surface area contributed by atoms with Gasteiger partial charge in [-0.15, -0.1) is 12.4 Å². The normalized spacial score (nSPS) is 9.71. The highest BCUT2D eigenvalue weighted by molar-refractivity contribution is 6.05. The lowest BCUT2D eigenvalue weighted by atomic mass is 10.0. The summed E-state index contributed by atoms with van der Waals surface area (Å²) in [5, 5.41) is 1.82. The third-order valence-electron chi connectivity index (χ3n) is 2.40. The highest BCUT2D eigenvalue weighted by Gasteiger charge is 2.10. The molecule has 17 heavy (non-hydrogen) atoms. The number of hydrogen-bond acceptors (Lipinski definition) is 3. The van der Waals surface area contributed by atoms with Crippen LogP contribution in [0.25, 0.3) is 10.8 Å². The molecule has 0 bridgehead atoms. The Hall–Kier alpha value is -1.74. The first-order chi connectivity index (χ1) is 7.72. The quantitative estimate of drug-likeness (QED) is 0.659. The van der Waals surface area contributed by atoms with Gasteiger partial charge < -0.3 is 10.5 Å². The Kier molecular flexibility index (Phi) is 4.35. The van der Waals surface area contributed by atoms with Gasteiger partial charge in [0, 0.05) is 5.69 Å². The SMILES string of the molecule is CCOC(=O)c1cccc2cc(N)ccc12.Cl. The zero-order valence-electron chi connectivity index (χ0n) is 9.47. The monoisotopic (exact) mass is 251 g/mol. The van der Waals surface area contributed by atoms with E-state index in [1.165, 1.54) is 0 Å². The van der Waals surface area contributed by atoms with Crippen LogP contribution in [0.4, 0.5) is 5.69 Å². The highest BCUT2D eigenvalue weighted by Crippen LogP contribution is 2.21. The number of fused-ring (bicyclic) bond motifs is 1. The topological polar surface area (TPSA) is 52.3 Å². The molecule has 0 heterocycles. The molecule has 0 aliphatic rings. The van der Waals surface area contributed by atoms with E-state index in [0.29, 0.717) is 17.9 Å². The summed E-state index contributed by atoms with van der Waals surface area (Å²) in [6.45, 7) is 2.17. The lowest BCUT2D eigenvalue weighted by Crippen LogP contribution is -2.05. The highest BCUT2D eigenvalue weighted by atomic mass is 35.5. The van der Waals surface area contributed by atoms with Crippen LogP contribution in [-0.4, -0.2) is 12.6 Å². The number of ether oxygens (including phenoxy) is 1. The fourth-order valence-electron chi connectivity index (χ4n) is 1.69. The molecule has 0 spiro atoms. The molecular weight excluding hydrogens is 238 g/mol. The Balaban J connectivity index is 0.00000144. The van der Waals surface area contributed by atoms with Gasteiger partial charge in [-0.25, -0.2) is 4.79 Å². The van der Waals surface area contributed by atoms with Crippen molar-refractivity contribution in [3.05, 3.63) is 42.0 Å². The van der Waals surface area contributed by atoms with Crippen LogP contribution in [0.2, 0.25) is 0 Å². The second-order valence-corrected chi connectivity index (χ2v) is 3.51. The number of anilines is 1. The maximum atomic E-state index is 11.7. The molecule has 2 aromatic carbocycles.